The van der Waals surface area contributed by atoms with Crippen LogP contribution < -0.4 is 15.4 Å². The highest BCUT2D eigenvalue weighted by atomic mass is 35.5. The Labute approximate surface area is 208 Å². The maximum atomic E-state index is 13.1. The highest BCUT2D eigenvalue weighted by Gasteiger charge is 2.33. The van der Waals surface area contributed by atoms with Crippen molar-refractivity contribution in [3.8, 4) is 11.5 Å². The third-order valence-corrected chi connectivity index (χ3v) is 5.66. The molecule has 0 saturated heterocycles. The van der Waals surface area contributed by atoms with Crippen LogP contribution in [-0.4, -0.2) is 34.8 Å². The van der Waals surface area contributed by atoms with Crippen LogP contribution in [0.2, 0.25) is 5.02 Å². The number of aromatic nitrogens is 2. The molecule has 0 fully saturated rings. The summed E-state index contributed by atoms with van der Waals surface area (Å²) in [6.45, 7) is 1.45. The number of nitrogens with one attached hydrogen (secondary N) is 2. The zero-order valence-corrected chi connectivity index (χ0v) is 19.2. The number of anilines is 1. The lowest BCUT2D eigenvalue weighted by atomic mass is 10.1. The van der Waals surface area contributed by atoms with Crippen LogP contribution in [0.5, 0.6) is 11.5 Å². The SMILES string of the molecule is O=C(Nc1ccc(Cl)c(C(F)(F)F)c1)c1cnc2ccc(Oc3ccnc(C4=NCCN4)c3)cc2c1. The smallest absolute Gasteiger partial charge is 0.417 e. The van der Waals surface area contributed by atoms with Crippen molar-refractivity contribution in [1.82, 2.24) is 15.3 Å². The Morgan fingerprint density at radius 3 is 2.64 bits per heavy atom. The summed E-state index contributed by atoms with van der Waals surface area (Å²) in [4.78, 5) is 25.7. The van der Waals surface area contributed by atoms with E-state index in [9.17, 15) is 18.0 Å². The second-order valence-electron chi connectivity index (χ2n) is 7.86. The molecule has 2 aromatic carbocycles. The molecule has 2 aromatic heterocycles. The van der Waals surface area contributed by atoms with Gasteiger partial charge in [0.1, 0.15) is 23.0 Å². The van der Waals surface area contributed by atoms with Gasteiger partial charge in [-0.05, 0) is 48.5 Å². The zero-order valence-electron chi connectivity index (χ0n) is 18.4. The molecule has 0 atom stereocenters. The minimum Gasteiger partial charge on any atom is -0.457 e. The number of fused-ring (bicyclic) bond motifs is 1. The first-order valence-corrected chi connectivity index (χ1v) is 11.1. The van der Waals surface area contributed by atoms with E-state index in [4.69, 9.17) is 16.3 Å². The number of ether oxygens (including phenoxy) is 1. The van der Waals surface area contributed by atoms with E-state index in [2.05, 4.69) is 25.6 Å². The third kappa shape index (κ3) is 5.08. The highest BCUT2D eigenvalue weighted by molar-refractivity contribution is 6.31. The van der Waals surface area contributed by atoms with Gasteiger partial charge in [-0.25, -0.2) is 0 Å². The standard InChI is InChI=1S/C25H17ClF3N5O2/c26-20-3-1-16(11-19(20)25(27,28)29)34-24(35)15-9-14-10-17(2-4-21(14)33-13-15)36-18-5-6-30-22(12-18)23-31-7-8-32-23/h1-6,9-13H,7-8H2,(H,31,32)(H,34,35). The number of carbonyl (C=O) groups is 1. The van der Waals surface area contributed by atoms with Gasteiger partial charge in [-0.1, -0.05) is 11.6 Å². The first-order valence-electron chi connectivity index (χ1n) is 10.8. The monoisotopic (exact) mass is 511 g/mol. The van der Waals surface area contributed by atoms with E-state index in [0.29, 0.717) is 40.5 Å². The first kappa shape index (κ1) is 23.6. The summed E-state index contributed by atoms with van der Waals surface area (Å²) in [5, 5.41) is 5.78. The van der Waals surface area contributed by atoms with Crippen molar-refractivity contribution in [1.29, 1.82) is 0 Å². The molecule has 1 amide bonds. The summed E-state index contributed by atoms with van der Waals surface area (Å²) in [5.41, 5.74) is 0.380. The van der Waals surface area contributed by atoms with Crippen LogP contribution in [0.25, 0.3) is 10.9 Å². The summed E-state index contributed by atoms with van der Waals surface area (Å²) in [5.74, 6) is 1.16. The summed E-state index contributed by atoms with van der Waals surface area (Å²) < 4.78 is 45.3. The Morgan fingerprint density at radius 2 is 1.86 bits per heavy atom. The average molecular weight is 512 g/mol. The number of halogens is 4. The fourth-order valence-corrected chi connectivity index (χ4v) is 3.86. The van der Waals surface area contributed by atoms with Crippen LogP contribution in [0.1, 0.15) is 21.6 Å². The number of hydrogen-bond donors (Lipinski definition) is 2. The van der Waals surface area contributed by atoms with E-state index < -0.39 is 22.7 Å². The van der Waals surface area contributed by atoms with Gasteiger partial charge < -0.3 is 15.4 Å². The second-order valence-corrected chi connectivity index (χ2v) is 8.27. The third-order valence-electron chi connectivity index (χ3n) is 5.33. The van der Waals surface area contributed by atoms with Crippen LogP contribution >= 0.6 is 11.6 Å². The molecular weight excluding hydrogens is 495 g/mol. The Morgan fingerprint density at radius 1 is 1.03 bits per heavy atom. The summed E-state index contributed by atoms with van der Waals surface area (Å²) >= 11 is 5.65. The van der Waals surface area contributed by atoms with E-state index in [1.165, 1.54) is 12.3 Å². The topological polar surface area (TPSA) is 88.5 Å². The molecule has 36 heavy (non-hydrogen) atoms. The molecule has 4 aromatic rings. The van der Waals surface area contributed by atoms with Crippen LogP contribution in [-0.2, 0) is 6.18 Å². The van der Waals surface area contributed by atoms with Gasteiger partial charge in [0.15, 0.2) is 0 Å². The molecule has 0 saturated carbocycles. The molecule has 0 radical (unpaired) electrons. The number of hydrogen-bond acceptors (Lipinski definition) is 6. The van der Waals surface area contributed by atoms with E-state index in [1.54, 1.807) is 42.6 Å². The number of pyridine rings is 2. The molecule has 0 unspecified atom stereocenters. The van der Waals surface area contributed by atoms with Gasteiger partial charge in [0.25, 0.3) is 5.91 Å². The quantitative estimate of drug-likeness (QED) is 0.359. The number of nitrogens with zero attached hydrogens (tertiary/aromatic N) is 3. The number of carbonyl (C=O) groups excluding carboxylic acids is 1. The van der Waals surface area contributed by atoms with E-state index in [-0.39, 0.29) is 11.3 Å². The summed E-state index contributed by atoms with van der Waals surface area (Å²) in [6.07, 6.45) is -1.67. The van der Waals surface area contributed by atoms with E-state index in [1.807, 2.05) is 0 Å². The fraction of sp³-hybridized carbons (Fsp3) is 0.120. The average Bonchev–Trinajstić information content (AvgIpc) is 3.39. The van der Waals surface area contributed by atoms with Gasteiger partial charge in [-0.3, -0.25) is 19.8 Å². The number of aliphatic imine (C=N–C) groups is 1. The van der Waals surface area contributed by atoms with Crippen LogP contribution in [0.4, 0.5) is 18.9 Å². The number of alkyl halides is 3. The van der Waals surface area contributed by atoms with Crippen molar-refractivity contribution in [2.24, 2.45) is 4.99 Å². The molecule has 0 aliphatic carbocycles. The number of benzene rings is 2. The van der Waals surface area contributed by atoms with Crippen molar-refractivity contribution in [2.75, 3.05) is 18.4 Å². The predicted molar refractivity (Wildman–Crippen MR) is 130 cm³/mol. The lowest BCUT2D eigenvalue weighted by Crippen LogP contribution is -2.20. The molecule has 11 heteroatoms. The maximum absolute atomic E-state index is 13.1. The Balaban J connectivity index is 1.36. The summed E-state index contributed by atoms with van der Waals surface area (Å²) in [7, 11) is 0. The molecular formula is C25H17ClF3N5O2. The Kier molecular flexibility index (Phi) is 6.19. The number of rotatable bonds is 5. The van der Waals surface area contributed by atoms with Gasteiger partial charge >= 0.3 is 6.18 Å². The predicted octanol–water partition coefficient (Wildman–Crippen LogP) is 5.70. The first-order chi connectivity index (χ1) is 17.3. The van der Waals surface area contributed by atoms with Crippen molar-refractivity contribution < 1.29 is 22.7 Å². The normalized spacial score (nSPS) is 13.3. The van der Waals surface area contributed by atoms with Crippen molar-refractivity contribution in [3.63, 3.8) is 0 Å². The number of amidine groups is 1. The Hall–Kier alpha value is -4.18. The minimum absolute atomic E-state index is 0.0382. The van der Waals surface area contributed by atoms with Crippen molar-refractivity contribution in [3.05, 3.63) is 88.8 Å². The zero-order chi connectivity index (χ0) is 25.3. The lowest BCUT2D eigenvalue weighted by molar-refractivity contribution is -0.137. The van der Waals surface area contributed by atoms with Gasteiger partial charge in [0.2, 0.25) is 0 Å². The molecule has 0 bridgehead atoms. The van der Waals surface area contributed by atoms with Gasteiger partial charge in [0, 0.05) is 36.1 Å². The van der Waals surface area contributed by atoms with E-state index in [0.717, 1.165) is 18.7 Å². The second kappa shape index (κ2) is 9.46. The lowest BCUT2D eigenvalue weighted by Gasteiger charge is -2.12. The molecule has 0 spiro atoms. The van der Waals surface area contributed by atoms with Crippen molar-refractivity contribution in [2.45, 2.75) is 6.18 Å². The largest absolute Gasteiger partial charge is 0.457 e. The van der Waals surface area contributed by atoms with Crippen LogP contribution in [0.3, 0.4) is 0 Å². The molecule has 1 aliphatic heterocycles. The van der Waals surface area contributed by atoms with Gasteiger partial charge in [-0.15, -0.1) is 0 Å². The van der Waals surface area contributed by atoms with Crippen molar-refractivity contribution >= 4 is 39.9 Å². The molecule has 182 valence electrons. The molecule has 1 aliphatic rings. The molecule has 2 N–H and O–H groups in total. The summed E-state index contributed by atoms with van der Waals surface area (Å²) in [6, 6.07) is 13.4. The van der Waals surface area contributed by atoms with Crippen LogP contribution in [0.15, 0.2) is 72.0 Å². The molecule has 5 rings (SSSR count). The highest BCUT2D eigenvalue weighted by Crippen LogP contribution is 2.36. The maximum Gasteiger partial charge on any atom is 0.417 e. The molecule has 3 heterocycles. The minimum atomic E-state index is -4.64. The van der Waals surface area contributed by atoms with Gasteiger partial charge in [-0.2, -0.15) is 13.2 Å². The van der Waals surface area contributed by atoms with Gasteiger partial charge in [0.05, 0.1) is 28.2 Å². The number of amides is 1. The molecule has 7 nitrogen and oxygen atoms in total. The Bertz CT molecular complexity index is 1510. The fourth-order valence-electron chi connectivity index (χ4n) is 3.63. The van der Waals surface area contributed by atoms with Crippen LogP contribution in [0, 0.1) is 0 Å². The van der Waals surface area contributed by atoms with E-state index >= 15 is 0 Å².